The molecule has 0 radical (unpaired) electrons. The average molecular weight is 697 g/mol. The van der Waals surface area contributed by atoms with Crippen molar-refractivity contribution >= 4 is 67.7 Å². The van der Waals surface area contributed by atoms with E-state index >= 15 is 0 Å². The number of thioether (sulfide) groups is 1. The van der Waals surface area contributed by atoms with E-state index in [9.17, 15) is 13.7 Å². The van der Waals surface area contributed by atoms with Gasteiger partial charge in [-0.25, -0.2) is 0 Å². The topological polar surface area (TPSA) is 12.5 Å². The molecule has 0 atom stereocenters. The Morgan fingerprint density at radius 1 is 0.796 bits per heavy atom. The number of rotatable bonds is 2. The minimum absolute atomic E-state index is 0.000647. The normalized spacial score (nSPS) is 20.3. The van der Waals surface area contributed by atoms with Crippen molar-refractivity contribution in [3.63, 3.8) is 0 Å². The Hall–Kier alpha value is -3.15. The van der Waals surface area contributed by atoms with E-state index in [1.807, 2.05) is 76.2 Å². The van der Waals surface area contributed by atoms with E-state index in [1.165, 1.54) is 23.1 Å². The van der Waals surface area contributed by atoms with Gasteiger partial charge in [0, 0.05) is 47.7 Å². The first-order valence-electron chi connectivity index (χ1n) is 23.4. The molecule has 1 aromatic heterocycles. The lowest BCUT2D eigenvalue weighted by atomic mass is 9.34. The number of ether oxygens (including phenoxy) is 1. The molecule has 0 N–H and O–H groups in total. The molecule has 0 aliphatic carbocycles. The molecule has 5 heteroatoms. The molecule has 0 amide bonds. The highest BCUT2D eigenvalue weighted by atomic mass is 32.2. The van der Waals surface area contributed by atoms with Crippen molar-refractivity contribution in [2.24, 2.45) is 0 Å². The molecule has 4 aromatic carbocycles. The highest BCUT2D eigenvalue weighted by Crippen LogP contribution is 2.48. The van der Waals surface area contributed by atoms with Gasteiger partial charge in [0.2, 0.25) is 0 Å². The Morgan fingerprint density at radius 3 is 2.16 bits per heavy atom. The van der Waals surface area contributed by atoms with E-state index in [4.69, 9.17) is 8.85 Å². The second-order valence-electron chi connectivity index (χ2n) is 17.3. The molecule has 2 nitrogen and oxygen atoms in total. The first-order valence-corrected chi connectivity index (χ1v) is 18.7. The lowest BCUT2D eigenvalue weighted by molar-refractivity contribution is 0.488. The van der Waals surface area contributed by atoms with E-state index in [0.717, 1.165) is 0 Å². The molecule has 0 saturated carbocycles. The van der Waals surface area contributed by atoms with Gasteiger partial charge < -0.3 is 9.64 Å². The van der Waals surface area contributed by atoms with E-state index in [0.29, 0.717) is 36.9 Å². The standard InChI is InChI=1S/C44H50BNOS2/c1-25-13-34-40-36(14-25)47-35-22-37-27(18-39(49-37)43(8,9)10)17-32(35)45(40)31-20-30-38(48-24-44(30,11)12)21-33(31)46(34)23-26-15-28(41(2,3)4)19-29(16-26)42(5,6)7/h13-22H,23-24H2,1-12H3/i1D3,13D,14D,15D,16D,17D,18D,19D,20D,21D,22D. The van der Waals surface area contributed by atoms with Gasteiger partial charge in [-0.05, 0) is 103 Å². The predicted molar refractivity (Wildman–Crippen MR) is 216 cm³/mol. The highest BCUT2D eigenvalue weighted by molar-refractivity contribution is 7.99. The van der Waals surface area contributed by atoms with Crippen LogP contribution in [-0.4, -0.2) is 12.5 Å². The summed E-state index contributed by atoms with van der Waals surface area (Å²) in [6.07, 6.45) is 0. The van der Waals surface area contributed by atoms with Gasteiger partial charge >= 0.3 is 0 Å². The molecule has 0 spiro atoms. The summed E-state index contributed by atoms with van der Waals surface area (Å²) in [5, 5.41) is 0.227. The quantitative estimate of drug-likeness (QED) is 0.167. The summed E-state index contributed by atoms with van der Waals surface area (Å²) in [6.45, 7) is 16.7. The Morgan fingerprint density at radius 2 is 1.51 bits per heavy atom. The maximum absolute atomic E-state index is 10.2. The summed E-state index contributed by atoms with van der Waals surface area (Å²) >= 11 is 2.64. The van der Waals surface area contributed by atoms with Crippen LogP contribution in [0.2, 0.25) is 0 Å². The van der Waals surface area contributed by atoms with Crippen molar-refractivity contribution in [2.75, 3.05) is 10.7 Å². The molecule has 4 heterocycles. The number of fused-ring (bicyclic) bond motifs is 6. The van der Waals surface area contributed by atoms with Gasteiger partial charge in [-0.1, -0.05) is 106 Å². The lowest BCUT2D eigenvalue weighted by Gasteiger charge is -2.41. The lowest BCUT2D eigenvalue weighted by Crippen LogP contribution is -2.60. The summed E-state index contributed by atoms with van der Waals surface area (Å²) in [5.74, 6) is 0.198. The molecule has 0 saturated heterocycles. The molecule has 3 aliphatic rings. The SMILES string of the molecule is [2H]c1c2c(c([2H])c3c1N(Cc1c([2H])c(C(C)(C)C)c([2H])c(C(C)(C)C)c1[2H])c1c([2H])c(C([2H])([2H])[2H])c([2H])c4c1B3c1c(c([2H])c3sc(C(C)(C)C)c([2H])c3c1[2H])O4)C(C)(C)CS2. The van der Waals surface area contributed by atoms with Crippen molar-refractivity contribution < 1.29 is 22.6 Å². The monoisotopic (exact) mass is 696 g/mol. The fourth-order valence-electron chi connectivity index (χ4n) is 6.71. The van der Waals surface area contributed by atoms with Crippen molar-refractivity contribution in [1.82, 2.24) is 0 Å². The number of hydrogen-bond acceptors (Lipinski definition) is 4. The van der Waals surface area contributed by atoms with Crippen molar-refractivity contribution in [3.8, 4) is 11.5 Å². The average Bonchev–Trinajstić information content (AvgIpc) is 3.64. The zero-order valence-corrected chi connectivity index (χ0v) is 31.8. The largest absolute Gasteiger partial charge is 0.458 e. The molecule has 49 heavy (non-hydrogen) atoms. The minimum atomic E-state index is -3.01. The van der Waals surface area contributed by atoms with E-state index in [2.05, 4.69) is 0 Å². The van der Waals surface area contributed by atoms with Gasteiger partial charge in [-0.3, -0.25) is 0 Å². The van der Waals surface area contributed by atoms with Crippen LogP contribution in [-0.2, 0) is 28.2 Å². The number of hydrogen-bond donors (Lipinski definition) is 0. The van der Waals surface area contributed by atoms with E-state index in [-0.39, 0.29) is 105 Å². The molecule has 252 valence electrons. The zero-order chi connectivity index (χ0) is 46.2. The summed E-state index contributed by atoms with van der Waals surface area (Å²) in [6, 6.07) is -1.33. The fraction of sp³-hybridized carbons (Fsp3) is 0.409. The van der Waals surface area contributed by atoms with Crippen LogP contribution in [0.15, 0.2) is 65.3 Å². The highest BCUT2D eigenvalue weighted by Gasteiger charge is 2.44. The maximum atomic E-state index is 10.2. The van der Waals surface area contributed by atoms with Gasteiger partial charge in [0.25, 0.3) is 6.71 Å². The molecule has 8 rings (SSSR count). The summed E-state index contributed by atoms with van der Waals surface area (Å²) in [5.41, 5.74) is -0.973. The first kappa shape index (κ1) is 21.3. The van der Waals surface area contributed by atoms with Gasteiger partial charge in [0.15, 0.2) is 0 Å². The number of thiophene rings is 1. The molecule has 3 aliphatic heterocycles. The second-order valence-corrected chi connectivity index (χ2v) is 19.3. The van der Waals surface area contributed by atoms with Crippen molar-refractivity contribution in [3.05, 3.63) is 93.1 Å². The third-order valence-corrected chi connectivity index (χ3v) is 12.4. The minimum Gasteiger partial charge on any atom is -0.458 e. The van der Waals surface area contributed by atoms with Crippen molar-refractivity contribution in [1.29, 1.82) is 0 Å². The van der Waals surface area contributed by atoms with Crippen LogP contribution >= 0.6 is 23.1 Å². The van der Waals surface area contributed by atoms with Crippen LogP contribution in [0.25, 0.3) is 10.1 Å². The van der Waals surface area contributed by atoms with Crippen LogP contribution in [0.3, 0.4) is 0 Å². The summed E-state index contributed by atoms with van der Waals surface area (Å²) in [4.78, 5) is 2.74. The fourth-order valence-corrected chi connectivity index (χ4v) is 9.01. The second kappa shape index (κ2) is 10.7. The van der Waals surface area contributed by atoms with Gasteiger partial charge in [-0.15, -0.1) is 23.1 Å². The molecular weight excluding hydrogens is 633 g/mol. The summed E-state index contributed by atoms with van der Waals surface area (Å²) in [7, 11) is 0. The Bertz CT molecular complexity index is 2800. The number of anilines is 2. The van der Waals surface area contributed by atoms with E-state index < -0.39 is 52.9 Å². The Labute approximate surface area is 321 Å². The third kappa shape index (κ3) is 5.46. The van der Waals surface area contributed by atoms with Gasteiger partial charge in [0.1, 0.15) is 11.5 Å². The van der Waals surface area contributed by atoms with Crippen LogP contribution < -0.4 is 26.0 Å². The molecular formula is C44H50BNOS2. The third-order valence-electron chi connectivity index (χ3n) is 9.52. The molecule has 0 bridgehead atoms. The van der Waals surface area contributed by atoms with Crippen molar-refractivity contribution in [2.45, 2.75) is 116 Å². The van der Waals surface area contributed by atoms with Crippen LogP contribution in [0.1, 0.15) is 127 Å². The van der Waals surface area contributed by atoms with Gasteiger partial charge in [0.05, 0.1) is 13.7 Å². The van der Waals surface area contributed by atoms with Crippen LogP contribution in [0.4, 0.5) is 11.4 Å². The zero-order valence-electron chi connectivity index (χ0n) is 43.2. The van der Waals surface area contributed by atoms with Gasteiger partial charge in [-0.2, -0.15) is 0 Å². The Kier molecular flexibility index (Phi) is 4.64. The molecule has 0 unspecified atom stereocenters. The van der Waals surface area contributed by atoms with Crippen LogP contribution in [0.5, 0.6) is 11.5 Å². The predicted octanol–water partition coefficient (Wildman–Crippen LogP) is 10.8. The van der Waals surface area contributed by atoms with E-state index in [1.54, 1.807) is 4.90 Å². The molecule has 5 aromatic rings. The molecule has 0 fully saturated rings. The Balaban J connectivity index is 1.59. The maximum Gasteiger partial charge on any atom is 0.256 e. The first-order chi connectivity index (χ1) is 28.3. The summed E-state index contributed by atoms with van der Waals surface area (Å²) < 4.78 is 130. The number of benzene rings is 4. The van der Waals surface area contributed by atoms with Crippen LogP contribution in [0, 0.1) is 6.85 Å². The number of nitrogens with zero attached hydrogens (tertiary/aromatic N) is 1. The smallest absolute Gasteiger partial charge is 0.256 e.